The molecule has 0 saturated carbocycles. The third-order valence-corrected chi connectivity index (χ3v) is 2.47. The van der Waals surface area contributed by atoms with Crippen LogP contribution in [0.15, 0.2) is 30.9 Å². The zero-order chi connectivity index (χ0) is 12.1. The first kappa shape index (κ1) is 12.3. The Morgan fingerprint density at radius 2 is 2.25 bits per heavy atom. The first-order chi connectivity index (χ1) is 7.60. The van der Waals surface area contributed by atoms with E-state index < -0.39 is 0 Å². The fourth-order valence-electron chi connectivity index (χ4n) is 1.44. The van der Waals surface area contributed by atoms with E-state index >= 15 is 0 Å². The summed E-state index contributed by atoms with van der Waals surface area (Å²) in [6.45, 7) is 8.46. The average molecular weight is 219 g/mol. The van der Waals surface area contributed by atoms with E-state index in [4.69, 9.17) is 0 Å². The van der Waals surface area contributed by atoms with Crippen molar-refractivity contribution < 1.29 is 9.90 Å². The zero-order valence-corrected chi connectivity index (χ0v) is 9.73. The van der Waals surface area contributed by atoms with Gasteiger partial charge in [0.15, 0.2) is 0 Å². The molecule has 0 aliphatic rings. The van der Waals surface area contributed by atoms with Gasteiger partial charge in [-0.2, -0.15) is 0 Å². The van der Waals surface area contributed by atoms with Crippen molar-refractivity contribution in [3.8, 4) is 5.75 Å². The van der Waals surface area contributed by atoms with E-state index in [-0.39, 0.29) is 11.7 Å². The summed E-state index contributed by atoms with van der Waals surface area (Å²) in [5.74, 6) is 0.0678. The number of hydrogen-bond donors (Lipinski definition) is 1. The number of amides is 1. The largest absolute Gasteiger partial charge is 0.508 e. The first-order valence-corrected chi connectivity index (χ1v) is 5.30. The molecule has 0 unspecified atom stereocenters. The van der Waals surface area contributed by atoms with Crippen LogP contribution in [0.4, 0.5) is 0 Å². The number of carbonyl (C=O) groups is 1. The number of phenolic OH excluding ortho intramolecular Hbond substituents is 1. The lowest BCUT2D eigenvalue weighted by Crippen LogP contribution is -2.30. The van der Waals surface area contributed by atoms with E-state index in [1.165, 1.54) is 6.07 Å². The van der Waals surface area contributed by atoms with Gasteiger partial charge in [0, 0.05) is 18.7 Å². The molecule has 86 valence electrons. The Labute approximate surface area is 96.0 Å². The molecule has 3 nitrogen and oxygen atoms in total. The molecular formula is C13H17NO2. The fourth-order valence-corrected chi connectivity index (χ4v) is 1.44. The molecule has 1 aromatic rings. The van der Waals surface area contributed by atoms with Crippen LogP contribution < -0.4 is 0 Å². The molecule has 0 spiro atoms. The molecule has 0 aliphatic heterocycles. The summed E-state index contributed by atoms with van der Waals surface area (Å²) in [5.41, 5.74) is 1.27. The second-order valence-corrected chi connectivity index (χ2v) is 3.63. The highest BCUT2D eigenvalue weighted by Gasteiger charge is 2.13. The summed E-state index contributed by atoms with van der Waals surface area (Å²) in [7, 11) is 0. The quantitative estimate of drug-likeness (QED) is 0.790. The molecule has 16 heavy (non-hydrogen) atoms. The van der Waals surface area contributed by atoms with Crippen LogP contribution in [-0.2, 0) is 0 Å². The summed E-state index contributed by atoms with van der Waals surface area (Å²) in [5, 5.41) is 9.54. The minimum Gasteiger partial charge on any atom is -0.508 e. The van der Waals surface area contributed by atoms with Crippen molar-refractivity contribution in [3.05, 3.63) is 42.0 Å². The lowest BCUT2D eigenvalue weighted by molar-refractivity contribution is 0.0781. The lowest BCUT2D eigenvalue weighted by Gasteiger charge is -2.19. The van der Waals surface area contributed by atoms with E-state index in [1.807, 2.05) is 6.92 Å². The highest BCUT2D eigenvalue weighted by Crippen LogP contribution is 2.18. The van der Waals surface area contributed by atoms with Gasteiger partial charge in [0.2, 0.25) is 0 Å². The fraction of sp³-hybridized carbons (Fsp3) is 0.308. The lowest BCUT2D eigenvalue weighted by atomic mass is 10.1. The second-order valence-electron chi connectivity index (χ2n) is 3.63. The van der Waals surface area contributed by atoms with Gasteiger partial charge in [-0.25, -0.2) is 0 Å². The van der Waals surface area contributed by atoms with Crippen LogP contribution in [0.5, 0.6) is 5.75 Å². The van der Waals surface area contributed by atoms with Crippen LogP contribution >= 0.6 is 0 Å². The van der Waals surface area contributed by atoms with E-state index in [2.05, 4.69) is 6.58 Å². The third kappa shape index (κ3) is 2.63. The van der Waals surface area contributed by atoms with E-state index in [0.29, 0.717) is 18.7 Å². The van der Waals surface area contributed by atoms with Crippen LogP contribution in [0, 0.1) is 6.92 Å². The predicted molar refractivity (Wildman–Crippen MR) is 64.6 cm³/mol. The van der Waals surface area contributed by atoms with E-state index in [1.54, 1.807) is 30.0 Å². The molecule has 1 aromatic carbocycles. The normalized spacial score (nSPS) is 9.88. The van der Waals surface area contributed by atoms with Crippen LogP contribution in [0.3, 0.4) is 0 Å². The van der Waals surface area contributed by atoms with Crippen molar-refractivity contribution >= 4 is 5.91 Å². The third-order valence-electron chi connectivity index (χ3n) is 2.47. The van der Waals surface area contributed by atoms with Gasteiger partial charge in [0.1, 0.15) is 5.75 Å². The summed E-state index contributed by atoms with van der Waals surface area (Å²) < 4.78 is 0. The number of nitrogens with zero attached hydrogens (tertiary/aromatic N) is 1. The van der Waals surface area contributed by atoms with Gasteiger partial charge in [0.25, 0.3) is 5.91 Å². The van der Waals surface area contributed by atoms with E-state index in [9.17, 15) is 9.90 Å². The number of phenols is 1. The maximum absolute atomic E-state index is 12.0. The Morgan fingerprint density at radius 3 is 2.75 bits per heavy atom. The van der Waals surface area contributed by atoms with Crippen molar-refractivity contribution in [2.75, 3.05) is 13.1 Å². The molecule has 0 aromatic heterocycles. The number of aryl methyl sites for hydroxylation is 1. The minimum absolute atomic E-state index is 0.0855. The van der Waals surface area contributed by atoms with Crippen LogP contribution in [-0.4, -0.2) is 29.0 Å². The number of rotatable bonds is 4. The zero-order valence-electron chi connectivity index (χ0n) is 9.73. The van der Waals surface area contributed by atoms with Crippen LogP contribution in [0.25, 0.3) is 0 Å². The van der Waals surface area contributed by atoms with Crippen molar-refractivity contribution in [3.63, 3.8) is 0 Å². The molecule has 3 heteroatoms. The Kier molecular flexibility index (Phi) is 4.11. The topological polar surface area (TPSA) is 40.5 Å². The molecule has 1 rings (SSSR count). The van der Waals surface area contributed by atoms with Gasteiger partial charge in [-0.1, -0.05) is 12.1 Å². The van der Waals surface area contributed by atoms with Crippen LogP contribution in [0.1, 0.15) is 22.8 Å². The van der Waals surface area contributed by atoms with Crippen molar-refractivity contribution in [1.29, 1.82) is 0 Å². The molecule has 0 atom stereocenters. The smallest absolute Gasteiger partial charge is 0.254 e. The van der Waals surface area contributed by atoms with Gasteiger partial charge in [-0.05, 0) is 31.5 Å². The number of likely N-dealkylation sites (N-methyl/N-ethyl adjacent to an activating group) is 1. The summed E-state index contributed by atoms with van der Waals surface area (Å²) >= 11 is 0. The Balaban J connectivity index is 2.94. The monoisotopic (exact) mass is 219 g/mol. The van der Waals surface area contributed by atoms with Gasteiger partial charge in [-0.15, -0.1) is 6.58 Å². The Bertz CT molecular complexity index is 399. The maximum Gasteiger partial charge on any atom is 0.254 e. The molecule has 0 radical (unpaired) electrons. The summed E-state index contributed by atoms with van der Waals surface area (Å²) in [4.78, 5) is 13.7. The predicted octanol–water partition coefficient (Wildman–Crippen LogP) is 2.35. The first-order valence-electron chi connectivity index (χ1n) is 5.30. The van der Waals surface area contributed by atoms with E-state index in [0.717, 1.165) is 5.56 Å². The SMILES string of the molecule is C=CCN(CC)C(=O)c1ccc(C)c(O)c1. The number of benzene rings is 1. The number of hydrogen-bond acceptors (Lipinski definition) is 2. The number of carbonyl (C=O) groups excluding carboxylic acids is 1. The maximum atomic E-state index is 12.0. The second kappa shape index (κ2) is 5.35. The molecule has 0 fully saturated rings. The van der Waals surface area contributed by atoms with Crippen molar-refractivity contribution in [2.45, 2.75) is 13.8 Å². The minimum atomic E-state index is -0.0855. The highest BCUT2D eigenvalue weighted by atomic mass is 16.3. The van der Waals surface area contributed by atoms with Gasteiger partial charge >= 0.3 is 0 Å². The average Bonchev–Trinajstić information content (AvgIpc) is 2.28. The Morgan fingerprint density at radius 1 is 1.56 bits per heavy atom. The molecule has 1 N–H and O–H groups in total. The van der Waals surface area contributed by atoms with Crippen molar-refractivity contribution in [1.82, 2.24) is 4.90 Å². The molecule has 0 bridgehead atoms. The molecule has 1 amide bonds. The van der Waals surface area contributed by atoms with Gasteiger partial charge < -0.3 is 10.0 Å². The summed E-state index contributed by atoms with van der Waals surface area (Å²) in [6, 6.07) is 4.97. The number of aromatic hydroxyl groups is 1. The molecule has 0 saturated heterocycles. The highest BCUT2D eigenvalue weighted by molar-refractivity contribution is 5.94. The van der Waals surface area contributed by atoms with Crippen molar-refractivity contribution in [2.24, 2.45) is 0 Å². The Hall–Kier alpha value is -1.77. The molecular weight excluding hydrogens is 202 g/mol. The van der Waals surface area contributed by atoms with Gasteiger partial charge in [-0.3, -0.25) is 4.79 Å². The van der Waals surface area contributed by atoms with Gasteiger partial charge in [0.05, 0.1) is 0 Å². The molecule has 0 aliphatic carbocycles. The van der Waals surface area contributed by atoms with Crippen LogP contribution in [0.2, 0.25) is 0 Å². The summed E-state index contributed by atoms with van der Waals surface area (Å²) in [6.07, 6.45) is 1.69. The standard InChI is InChI=1S/C13H17NO2/c1-4-8-14(5-2)13(16)11-7-6-10(3)12(15)9-11/h4,6-7,9,15H,1,5,8H2,2-3H3. The molecule has 0 heterocycles.